The summed E-state index contributed by atoms with van der Waals surface area (Å²) in [5, 5.41) is 10.00. The van der Waals surface area contributed by atoms with Gasteiger partial charge in [-0.25, -0.2) is 0 Å². The highest BCUT2D eigenvalue weighted by Crippen LogP contribution is 2.30. The Kier molecular flexibility index (Phi) is 20.9. The van der Waals surface area contributed by atoms with Crippen LogP contribution in [-0.2, 0) is 14.3 Å². The second-order valence-corrected chi connectivity index (χ2v) is 8.99. The van der Waals surface area contributed by atoms with Gasteiger partial charge in [0.25, 0.3) is 0 Å². The first kappa shape index (κ1) is 36.9. The summed E-state index contributed by atoms with van der Waals surface area (Å²) in [6.07, 6.45) is 9.00. The molecule has 0 bridgehead atoms. The van der Waals surface area contributed by atoms with Crippen LogP contribution in [0.25, 0.3) is 11.8 Å². The number of carbonyl (C=O) groups is 1. The lowest BCUT2D eigenvalue weighted by molar-refractivity contribution is -0.112. The van der Waals surface area contributed by atoms with Gasteiger partial charge in [-0.3, -0.25) is 9.69 Å². The maximum atomic E-state index is 10.00. The first-order valence-corrected chi connectivity index (χ1v) is 14.1. The third-order valence-corrected chi connectivity index (χ3v) is 6.03. The van der Waals surface area contributed by atoms with Crippen LogP contribution < -0.4 is 17.2 Å². The van der Waals surface area contributed by atoms with Crippen LogP contribution in [0.5, 0.6) is 5.75 Å². The van der Waals surface area contributed by atoms with Crippen molar-refractivity contribution in [3.63, 3.8) is 0 Å². The van der Waals surface area contributed by atoms with Gasteiger partial charge in [0.15, 0.2) is 5.78 Å². The topological polar surface area (TPSA) is 153 Å². The van der Waals surface area contributed by atoms with E-state index < -0.39 is 0 Å². The predicted octanol–water partition coefficient (Wildman–Crippen LogP) is 4.74. The molecule has 1 atom stereocenters. The summed E-state index contributed by atoms with van der Waals surface area (Å²) in [7, 11) is 1.50. The number of allylic oxidation sites excluding steroid dienone is 1. The fourth-order valence-corrected chi connectivity index (χ4v) is 3.94. The number of hydrogen-bond acceptors (Lipinski definition) is 8. The molecule has 2 fully saturated rings. The third-order valence-electron chi connectivity index (χ3n) is 6.03. The van der Waals surface area contributed by atoms with Gasteiger partial charge in [0, 0.05) is 55.9 Å². The number of nitrogens with zero attached hydrogens (tertiary/aromatic N) is 1. The van der Waals surface area contributed by atoms with Crippen LogP contribution in [0.4, 0.5) is 5.82 Å². The molecule has 0 amide bonds. The van der Waals surface area contributed by atoms with Crippen molar-refractivity contribution in [1.82, 2.24) is 9.88 Å². The Labute approximate surface area is 241 Å². The van der Waals surface area contributed by atoms with Crippen molar-refractivity contribution in [2.75, 3.05) is 58.8 Å². The molecule has 2 aliphatic heterocycles. The number of ether oxygens (including phenoxy) is 2. The van der Waals surface area contributed by atoms with Gasteiger partial charge in [-0.05, 0) is 69.0 Å². The number of phenols is 1. The monoisotopic (exact) mass is 559 g/mol. The lowest BCUT2D eigenvalue weighted by Gasteiger charge is -2.29. The van der Waals surface area contributed by atoms with Crippen molar-refractivity contribution in [1.29, 1.82) is 0 Å². The molecule has 40 heavy (non-hydrogen) atoms. The van der Waals surface area contributed by atoms with Crippen molar-refractivity contribution < 1.29 is 19.4 Å². The summed E-state index contributed by atoms with van der Waals surface area (Å²) in [5.74, 6) is 1.07. The van der Waals surface area contributed by atoms with E-state index in [0.29, 0.717) is 23.0 Å². The number of ketones is 1. The fourth-order valence-electron chi connectivity index (χ4n) is 3.94. The van der Waals surface area contributed by atoms with E-state index in [2.05, 4.69) is 29.1 Å². The highest BCUT2D eigenvalue weighted by atomic mass is 16.5. The van der Waals surface area contributed by atoms with Crippen molar-refractivity contribution in [3.05, 3.63) is 59.8 Å². The predicted molar refractivity (Wildman–Crippen MR) is 168 cm³/mol. The third kappa shape index (κ3) is 14.3. The number of nitrogens with one attached hydrogen (secondary N) is 1. The summed E-state index contributed by atoms with van der Waals surface area (Å²) >= 11 is 0. The summed E-state index contributed by atoms with van der Waals surface area (Å²) in [4.78, 5) is 15.2. The number of para-hydroxylation sites is 1. The zero-order valence-electron chi connectivity index (χ0n) is 25.2. The number of H-pyrrole nitrogens is 1. The van der Waals surface area contributed by atoms with Crippen LogP contribution in [0, 0.1) is 0 Å². The number of carbonyl (C=O) groups excluding carboxylic acids is 1. The normalized spacial score (nSPS) is 15.7. The van der Waals surface area contributed by atoms with Gasteiger partial charge >= 0.3 is 0 Å². The smallest absolute Gasteiger partial charge is 0.152 e. The quantitative estimate of drug-likeness (QED) is 0.318. The number of aromatic nitrogens is 1. The van der Waals surface area contributed by atoms with Crippen molar-refractivity contribution >= 4 is 23.4 Å². The Bertz CT molecular complexity index is 968. The van der Waals surface area contributed by atoms with E-state index in [9.17, 15) is 9.90 Å². The first-order valence-electron chi connectivity index (χ1n) is 14.1. The van der Waals surface area contributed by atoms with E-state index in [1.54, 1.807) is 18.2 Å². The van der Waals surface area contributed by atoms with Gasteiger partial charge in [0.1, 0.15) is 11.6 Å². The van der Waals surface area contributed by atoms with Crippen LogP contribution in [0.2, 0.25) is 0 Å². The number of anilines is 1. The van der Waals surface area contributed by atoms with Crippen LogP contribution in [0.15, 0.2) is 43.1 Å². The maximum absolute atomic E-state index is 10.00. The molecule has 4 rings (SSSR count). The minimum Gasteiger partial charge on any atom is -0.507 e. The molecular formula is C31H53N5O4. The minimum atomic E-state index is 0.0185. The number of morpholine rings is 1. The molecule has 0 spiro atoms. The number of rotatable bonds is 6. The number of aromatic hydroxyl groups is 1. The molecule has 1 aromatic heterocycles. The van der Waals surface area contributed by atoms with Crippen molar-refractivity contribution in [3.8, 4) is 5.75 Å². The van der Waals surface area contributed by atoms with Gasteiger partial charge in [0.05, 0.1) is 13.2 Å². The molecule has 3 heterocycles. The molecule has 2 aromatic rings. The minimum absolute atomic E-state index is 0.0185. The lowest BCUT2D eigenvalue weighted by Crippen LogP contribution is -2.38. The molecule has 2 aliphatic rings. The summed E-state index contributed by atoms with van der Waals surface area (Å²) < 4.78 is 10.5. The molecule has 0 saturated carbocycles. The Balaban J connectivity index is 0.000000836. The molecule has 0 radical (unpaired) electrons. The number of aromatic amines is 1. The molecular weight excluding hydrogens is 506 g/mol. The summed E-state index contributed by atoms with van der Waals surface area (Å²) in [6.45, 7) is 17.3. The SMILES string of the molecule is C1CCOCC1.C=CC(C)=O.CC.CC(CN1CCOCC1)c1c[nH]c(N)c1/C=C(\N)c1ccccc1O.CN. The zero-order valence-corrected chi connectivity index (χ0v) is 25.2. The lowest BCUT2D eigenvalue weighted by atomic mass is 9.97. The van der Waals surface area contributed by atoms with E-state index in [4.69, 9.17) is 20.9 Å². The van der Waals surface area contributed by atoms with Gasteiger partial charge in [-0.1, -0.05) is 39.5 Å². The Morgan fingerprint density at radius 1 is 1.10 bits per heavy atom. The zero-order chi connectivity index (χ0) is 30.3. The number of phenolic OH excluding ortho intramolecular Hbond substituents is 1. The number of nitrogen functional groups attached to an aromatic ring is 1. The number of hydrogen-bond donors (Lipinski definition) is 5. The summed E-state index contributed by atoms with van der Waals surface area (Å²) in [5.41, 5.74) is 20.0. The van der Waals surface area contributed by atoms with Gasteiger partial charge in [-0.15, -0.1) is 0 Å². The standard InChI is InChI=1S/C19H26N4O2.C5H10O.C4H6O.C2H6.CH5N/c1-13(12-23-6-8-25-9-7-23)16-11-22-19(21)15(16)10-17(20)14-4-2-3-5-18(14)24;1-2-4-6-5-3-1;1-3-4(2)5;2*1-2/h2-5,10-11,13,22,24H,6-9,12,20-21H2,1H3;1-5H2;3H,1H2,2H3;1-2H3;2H2,1H3/b17-10-;;;;. The average molecular weight is 560 g/mol. The maximum Gasteiger partial charge on any atom is 0.152 e. The molecule has 9 nitrogen and oxygen atoms in total. The summed E-state index contributed by atoms with van der Waals surface area (Å²) in [6, 6.07) is 7.03. The molecule has 2 saturated heterocycles. The van der Waals surface area contributed by atoms with E-state index >= 15 is 0 Å². The number of nitrogens with two attached hydrogens (primary N) is 3. The van der Waals surface area contributed by atoms with Crippen LogP contribution >= 0.6 is 0 Å². The molecule has 226 valence electrons. The average Bonchev–Trinajstić information content (AvgIpc) is 3.37. The van der Waals surface area contributed by atoms with Crippen LogP contribution in [-0.4, -0.2) is 73.9 Å². The van der Waals surface area contributed by atoms with Gasteiger partial charge in [0.2, 0.25) is 0 Å². The Hall–Kier alpha value is -3.11. The highest BCUT2D eigenvalue weighted by molar-refractivity contribution is 5.86. The second-order valence-electron chi connectivity index (χ2n) is 8.99. The highest BCUT2D eigenvalue weighted by Gasteiger charge is 2.19. The van der Waals surface area contributed by atoms with Crippen LogP contribution in [0.3, 0.4) is 0 Å². The second kappa shape index (κ2) is 22.7. The molecule has 1 unspecified atom stereocenters. The Morgan fingerprint density at radius 3 is 2.12 bits per heavy atom. The van der Waals surface area contributed by atoms with Crippen LogP contribution in [0.1, 0.15) is 69.6 Å². The van der Waals surface area contributed by atoms with E-state index in [0.717, 1.165) is 57.2 Å². The number of benzene rings is 1. The largest absolute Gasteiger partial charge is 0.507 e. The fraction of sp³-hybridized carbons (Fsp3) is 0.516. The van der Waals surface area contributed by atoms with E-state index in [1.807, 2.05) is 32.2 Å². The van der Waals surface area contributed by atoms with E-state index in [-0.39, 0.29) is 11.5 Å². The van der Waals surface area contributed by atoms with Gasteiger partial charge < -0.3 is 36.8 Å². The van der Waals surface area contributed by atoms with Crippen molar-refractivity contribution in [2.45, 2.75) is 52.9 Å². The first-order chi connectivity index (χ1) is 19.3. The van der Waals surface area contributed by atoms with E-state index in [1.165, 1.54) is 39.3 Å². The Morgan fingerprint density at radius 2 is 1.65 bits per heavy atom. The van der Waals surface area contributed by atoms with Crippen molar-refractivity contribution in [2.24, 2.45) is 11.5 Å². The molecule has 1 aromatic carbocycles. The van der Waals surface area contributed by atoms with Gasteiger partial charge in [-0.2, -0.15) is 0 Å². The molecule has 9 heteroatoms. The molecule has 0 aliphatic carbocycles. The molecule has 8 N–H and O–H groups in total.